The Labute approximate surface area is 293 Å². The zero-order valence-corrected chi connectivity index (χ0v) is 27.3. The van der Waals surface area contributed by atoms with Crippen molar-refractivity contribution in [3.8, 4) is 45.3 Å². The van der Waals surface area contributed by atoms with Crippen LogP contribution in [0.15, 0.2) is 123 Å². The van der Waals surface area contributed by atoms with E-state index in [1.54, 1.807) is 78.9 Å². The standard InChI is InChI=1S/C39H33FO11/c1-4-36(41)48-23-45-30-14-9-27(10-15-30)29-13-18-32(33(40)22-29)28-11-16-31(17-12-28)51-39(44)20-8-26-7-19-34(46-24-49-37(42)5-2)35(21-26)47-25-50-38(43)6-3/h4-7,9-19,21-22H,1-3,8,20,23-25H2. The first kappa shape index (κ1) is 37.1. The number of hydrogen-bond donors (Lipinski definition) is 0. The summed E-state index contributed by atoms with van der Waals surface area (Å²) in [6, 6.07) is 23.0. The molecule has 51 heavy (non-hydrogen) atoms. The first-order valence-electron chi connectivity index (χ1n) is 15.3. The Morgan fingerprint density at radius 2 is 1.10 bits per heavy atom. The maximum absolute atomic E-state index is 15.2. The molecule has 0 fully saturated rings. The summed E-state index contributed by atoms with van der Waals surface area (Å²) >= 11 is 0. The van der Waals surface area contributed by atoms with Crippen molar-refractivity contribution in [2.45, 2.75) is 12.8 Å². The van der Waals surface area contributed by atoms with Gasteiger partial charge >= 0.3 is 23.9 Å². The molecule has 4 aromatic rings. The van der Waals surface area contributed by atoms with Gasteiger partial charge in [0.25, 0.3) is 0 Å². The summed E-state index contributed by atoms with van der Waals surface area (Å²) < 4.78 is 51.5. The molecule has 0 aliphatic rings. The Bertz CT molecular complexity index is 1880. The molecule has 0 unspecified atom stereocenters. The smallest absolute Gasteiger partial charge is 0.333 e. The van der Waals surface area contributed by atoms with Gasteiger partial charge in [0.05, 0.1) is 0 Å². The normalized spacial score (nSPS) is 10.2. The van der Waals surface area contributed by atoms with E-state index >= 15 is 4.39 Å². The van der Waals surface area contributed by atoms with Crippen LogP contribution in [0.4, 0.5) is 4.39 Å². The molecule has 4 rings (SSSR count). The van der Waals surface area contributed by atoms with Gasteiger partial charge in [0, 0.05) is 30.2 Å². The molecule has 0 bridgehead atoms. The van der Waals surface area contributed by atoms with Gasteiger partial charge in [0.2, 0.25) is 20.4 Å². The summed E-state index contributed by atoms with van der Waals surface area (Å²) in [6.45, 7) is 8.83. The number of aryl methyl sites for hydroxylation is 1. The summed E-state index contributed by atoms with van der Waals surface area (Å²) in [5.74, 6) is -1.77. The van der Waals surface area contributed by atoms with Crippen LogP contribution in [0.1, 0.15) is 12.0 Å². The van der Waals surface area contributed by atoms with Gasteiger partial charge in [-0.15, -0.1) is 0 Å². The van der Waals surface area contributed by atoms with E-state index in [1.165, 1.54) is 6.07 Å². The maximum Gasteiger partial charge on any atom is 0.333 e. The molecular weight excluding hydrogens is 663 g/mol. The molecule has 0 spiro atoms. The van der Waals surface area contributed by atoms with Crippen molar-refractivity contribution >= 4 is 23.9 Å². The van der Waals surface area contributed by atoms with Crippen LogP contribution in [0.5, 0.6) is 23.0 Å². The van der Waals surface area contributed by atoms with E-state index in [0.29, 0.717) is 28.0 Å². The van der Waals surface area contributed by atoms with Crippen molar-refractivity contribution in [1.29, 1.82) is 0 Å². The fourth-order valence-electron chi connectivity index (χ4n) is 4.38. The summed E-state index contributed by atoms with van der Waals surface area (Å²) in [5, 5.41) is 0. The Morgan fingerprint density at radius 3 is 1.69 bits per heavy atom. The Kier molecular flexibility index (Phi) is 13.6. The van der Waals surface area contributed by atoms with E-state index < -0.39 is 43.3 Å². The highest BCUT2D eigenvalue weighted by Crippen LogP contribution is 2.31. The van der Waals surface area contributed by atoms with Crippen LogP contribution in [0, 0.1) is 5.82 Å². The molecular formula is C39H33FO11. The largest absolute Gasteiger partial charge is 0.457 e. The summed E-state index contributed by atoms with van der Waals surface area (Å²) in [5.41, 5.74) is 3.04. The van der Waals surface area contributed by atoms with Gasteiger partial charge in [-0.1, -0.05) is 62.2 Å². The van der Waals surface area contributed by atoms with Gasteiger partial charge in [0.1, 0.15) is 17.3 Å². The first-order valence-corrected chi connectivity index (χ1v) is 15.3. The number of ether oxygens (including phenoxy) is 7. The maximum atomic E-state index is 15.2. The van der Waals surface area contributed by atoms with Crippen LogP contribution >= 0.6 is 0 Å². The van der Waals surface area contributed by atoms with Crippen molar-refractivity contribution in [2.24, 2.45) is 0 Å². The number of carbonyl (C=O) groups excluding carboxylic acids is 4. The molecule has 0 N–H and O–H groups in total. The fraction of sp³-hybridized carbons (Fsp3) is 0.128. The zero-order chi connectivity index (χ0) is 36.6. The van der Waals surface area contributed by atoms with Crippen LogP contribution in [-0.2, 0) is 39.8 Å². The van der Waals surface area contributed by atoms with Crippen LogP contribution in [-0.4, -0.2) is 44.3 Å². The fourth-order valence-corrected chi connectivity index (χ4v) is 4.38. The lowest BCUT2D eigenvalue weighted by Gasteiger charge is -2.14. The molecule has 4 aromatic carbocycles. The minimum absolute atomic E-state index is 0.00967. The van der Waals surface area contributed by atoms with Gasteiger partial charge in [-0.3, -0.25) is 4.79 Å². The second kappa shape index (κ2) is 18.7. The summed E-state index contributed by atoms with van der Waals surface area (Å²) in [7, 11) is 0. The van der Waals surface area contributed by atoms with Gasteiger partial charge in [0.15, 0.2) is 11.5 Å². The second-order valence-corrected chi connectivity index (χ2v) is 10.3. The van der Waals surface area contributed by atoms with Crippen molar-refractivity contribution in [3.05, 3.63) is 134 Å². The zero-order valence-electron chi connectivity index (χ0n) is 27.3. The van der Waals surface area contributed by atoms with Gasteiger partial charge in [-0.05, 0) is 71.1 Å². The predicted octanol–water partition coefficient (Wildman–Crippen LogP) is 6.89. The monoisotopic (exact) mass is 696 g/mol. The van der Waals surface area contributed by atoms with E-state index in [2.05, 4.69) is 19.7 Å². The van der Waals surface area contributed by atoms with Crippen molar-refractivity contribution in [3.63, 3.8) is 0 Å². The van der Waals surface area contributed by atoms with Crippen LogP contribution in [0.2, 0.25) is 0 Å². The first-order chi connectivity index (χ1) is 24.7. The average molecular weight is 697 g/mol. The molecule has 0 aliphatic heterocycles. The minimum atomic E-state index is -0.689. The van der Waals surface area contributed by atoms with Crippen molar-refractivity contribution < 1.29 is 56.7 Å². The third-order valence-corrected chi connectivity index (χ3v) is 6.94. The molecule has 0 atom stereocenters. The molecule has 0 aromatic heterocycles. The van der Waals surface area contributed by atoms with Crippen LogP contribution in [0.3, 0.4) is 0 Å². The molecule has 12 heteroatoms. The Morgan fingerprint density at radius 1 is 0.569 bits per heavy atom. The third-order valence-electron chi connectivity index (χ3n) is 6.94. The van der Waals surface area contributed by atoms with Crippen molar-refractivity contribution in [2.75, 3.05) is 20.4 Å². The van der Waals surface area contributed by atoms with E-state index in [9.17, 15) is 19.2 Å². The molecule has 0 radical (unpaired) electrons. The SMILES string of the molecule is C=CC(=O)OCOc1ccc(-c2ccc(-c3ccc(OC(=O)CCc4ccc(OCOC(=O)C=C)c(OCOC(=O)C=C)c4)cc3)c(F)c2)cc1. The van der Waals surface area contributed by atoms with Gasteiger partial charge in [-0.2, -0.15) is 0 Å². The third kappa shape index (κ3) is 11.5. The molecule has 0 heterocycles. The lowest BCUT2D eigenvalue weighted by molar-refractivity contribution is -0.146. The number of carbonyl (C=O) groups is 4. The molecule has 262 valence electrons. The number of halogens is 1. The lowest BCUT2D eigenvalue weighted by atomic mass is 9.99. The molecule has 0 saturated heterocycles. The van der Waals surface area contributed by atoms with Crippen LogP contribution in [0.25, 0.3) is 22.3 Å². The number of rotatable bonds is 18. The topological polar surface area (TPSA) is 133 Å². The molecule has 0 aliphatic carbocycles. The quantitative estimate of drug-likeness (QED) is 0.0354. The minimum Gasteiger partial charge on any atom is -0.457 e. The van der Waals surface area contributed by atoms with E-state index in [-0.39, 0.29) is 36.9 Å². The average Bonchev–Trinajstić information content (AvgIpc) is 3.15. The number of hydrogen-bond acceptors (Lipinski definition) is 11. The molecule has 0 saturated carbocycles. The molecule has 11 nitrogen and oxygen atoms in total. The van der Waals surface area contributed by atoms with Gasteiger partial charge < -0.3 is 33.2 Å². The summed E-state index contributed by atoms with van der Waals surface area (Å²) in [6.07, 6.45) is 3.29. The van der Waals surface area contributed by atoms with Crippen molar-refractivity contribution in [1.82, 2.24) is 0 Å². The van der Waals surface area contributed by atoms with E-state index in [4.69, 9.17) is 33.2 Å². The van der Waals surface area contributed by atoms with Gasteiger partial charge in [-0.25, -0.2) is 18.8 Å². The van der Waals surface area contributed by atoms with E-state index in [0.717, 1.165) is 23.8 Å². The molecule has 0 amide bonds. The Balaban J connectivity index is 1.32. The lowest BCUT2D eigenvalue weighted by Crippen LogP contribution is -2.11. The number of esters is 4. The van der Waals surface area contributed by atoms with E-state index in [1.807, 2.05) is 0 Å². The second-order valence-electron chi connectivity index (χ2n) is 10.3. The highest BCUT2D eigenvalue weighted by molar-refractivity contribution is 5.82. The highest BCUT2D eigenvalue weighted by Gasteiger charge is 2.13. The predicted molar refractivity (Wildman–Crippen MR) is 183 cm³/mol. The van der Waals surface area contributed by atoms with Crippen LogP contribution < -0.4 is 18.9 Å². The number of benzene rings is 4. The highest BCUT2D eigenvalue weighted by atomic mass is 19.1. The summed E-state index contributed by atoms with van der Waals surface area (Å²) in [4.78, 5) is 46.5. The Hall–Kier alpha value is -6.69.